The van der Waals surface area contributed by atoms with Crippen LogP contribution >= 0.6 is 0 Å². The summed E-state index contributed by atoms with van der Waals surface area (Å²) in [5, 5.41) is 2.95. The molecule has 0 bridgehead atoms. The maximum atomic E-state index is 14.5. The SMILES string of the molecule is O=C(NCCCN1CCCC1)c1ccc2c(c1)N(Cc1ccccc1F)C(=O)c1ccccc1[S@]2=O. The number of benzene rings is 3. The Bertz CT molecular complexity index is 1320. The number of carbonyl (C=O) groups is 2. The van der Waals surface area contributed by atoms with E-state index in [0.717, 1.165) is 26.1 Å². The molecule has 0 aliphatic carbocycles. The number of likely N-dealkylation sites (tertiary alicyclic amines) is 1. The maximum Gasteiger partial charge on any atom is 0.259 e. The smallest absolute Gasteiger partial charge is 0.259 e. The van der Waals surface area contributed by atoms with E-state index in [0.29, 0.717) is 38.7 Å². The maximum absolute atomic E-state index is 14.5. The van der Waals surface area contributed by atoms with E-state index in [1.54, 1.807) is 60.7 Å². The van der Waals surface area contributed by atoms with Crippen LogP contribution in [0.15, 0.2) is 76.5 Å². The molecule has 0 unspecified atom stereocenters. The Morgan fingerprint density at radius 2 is 1.72 bits per heavy atom. The number of nitrogens with one attached hydrogen (secondary N) is 1. The summed E-state index contributed by atoms with van der Waals surface area (Å²) in [5.74, 6) is -1.08. The molecular formula is C28H28FN3O3S. The first kappa shape index (κ1) is 24.3. The zero-order valence-corrected chi connectivity index (χ0v) is 20.7. The van der Waals surface area contributed by atoms with Crippen LogP contribution < -0.4 is 10.2 Å². The fourth-order valence-electron chi connectivity index (χ4n) is 4.77. The van der Waals surface area contributed by atoms with Crippen LogP contribution in [0.5, 0.6) is 0 Å². The van der Waals surface area contributed by atoms with Gasteiger partial charge in [0.25, 0.3) is 11.8 Å². The number of halogens is 1. The summed E-state index contributed by atoms with van der Waals surface area (Å²) < 4.78 is 28.1. The van der Waals surface area contributed by atoms with Gasteiger partial charge in [-0.15, -0.1) is 0 Å². The zero-order chi connectivity index (χ0) is 25.1. The lowest BCUT2D eigenvalue weighted by Crippen LogP contribution is -2.31. The molecule has 3 aromatic carbocycles. The van der Waals surface area contributed by atoms with E-state index in [1.807, 2.05) is 0 Å². The Hall–Kier alpha value is -3.36. The van der Waals surface area contributed by atoms with Crippen molar-refractivity contribution in [3.63, 3.8) is 0 Å². The highest BCUT2D eigenvalue weighted by atomic mass is 32.2. The molecule has 1 atom stereocenters. The number of hydrogen-bond acceptors (Lipinski definition) is 4. The van der Waals surface area contributed by atoms with Gasteiger partial charge in [-0.25, -0.2) is 8.60 Å². The van der Waals surface area contributed by atoms with Gasteiger partial charge >= 0.3 is 0 Å². The normalized spacial score (nSPS) is 17.4. The summed E-state index contributed by atoms with van der Waals surface area (Å²) in [4.78, 5) is 31.2. The van der Waals surface area contributed by atoms with Gasteiger partial charge in [-0.1, -0.05) is 30.3 Å². The Morgan fingerprint density at radius 1 is 0.972 bits per heavy atom. The van der Waals surface area contributed by atoms with Crippen molar-refractivity contribution in [1.82, 2.24) is 10.2 Å². The van der Waals surface area contributed by atoms with E-state index in [-0.39, 0.29) is 18.4 Å². The summed E-state index contributed by atoms with van der Waals surface area (Å²) in [7, 11) is -1.64. The Balaban J connectivity index is 1.44. The van der Waals surface area contributed by atoms with E-state index in [4.69, 9.17) is 0 Å². The van der Waals surface area contributed by atoms with Crippen LogP contribution in [0.1, 0.15) is 45.5 Å². The third kappa shape index (κ3) is 4.96. The van der Waals surface area contributed by atoms with Crippen molar-refractivity contribution in [3.8, 4) is 0 Å². The summed E-state index contributed by atoms with van der Waals surface area (Å²) in [6.07, 6.45) is 3.32. The summed E-state index contributed by atoms with van der Waals surface area (Å²) in [6, 6.07) is 17.9. The molecule has 0 radical (unpaired) electrons. The van der Waals surface area contributed by atoms with Gasteiger partial charge in [-0.2, -0.15) is 0 Å². The lowest BCUT2D eigenvalue weighted by Gasteiger charge is -2.24. The first-order valence-electron chi connectivity index (χ1n) is 12.2. The average Bonchev–Trinajstić information content (AvgIpc) is 3.40. The summed E-state index contributed by atoms with van der Waals surface area (Å²) in [6.45, 7) is 3.67. The highest BCUT2D eigenvalue weighted by Gasteiger charge is 2.32. The van der Waals surface area contributed by atoms with Gasteiger partial charge < -0.3 is 15.1 Å². The van der Waals surface area contributed by atoms with Gasteiger partial charge in [0.05, 0.1) is 38.4 Å². The highest BCUT2D eigenvalue weighted by Crippen LogP contribution is 2.36. The van der Waals surface area contributed by atoms with Crippen LogP contribution in [0.25, 0.3) is 0 Å². The molecule has 36 heavy (non-hydrogen) atoms. The number of carbonyl (C=O) groups excluding carboxylic acids is 2. The minimum atomic E-state index is -1.64. The molecule has 2 amide bonds. The summed E-state index contributed by atoms with van der Waals surface area (Å²) in [5.41, 5.74) is 1.35. The molecule has 2 heterocycles. The fourth-order valence-corrected chi connectivity index (χ4v) is 6.12. The topological polar surface area (TPSA) is 69.7 Å². The molecule has 1 N–H and O–H groups in total. The fraction of sp³-hybridized carbons (Fsp3) is 0.286. The van der Waals surface area contributed by atoms with Crippen LogP contribution in [0.4, 0.5) is 10.1 Å². The van der Waals surface area contributed by atoms with Crippen molar-refractivity contribution < 1.29 is 18.2 Å². The lowest BCUT2D eigenvalue weighted by atomic mass is 10.1. The van der Waals surface area contributed by atoms with Crippen LogP contribution in [0.3, 0.4) is 0 Å². The predicted molar refractivity (Wildman–Crippen MR) is 137 cm³/mol. The molecule has 1 fully saturated rings. The zero-order valence-electron chi connectivity index (χ0n) is 19.9. The van der Waals surface area contributed by atoms with E-state index < -0.39 is 16.6 Å². The number of hydrogen-bond donors (Lipinski definition) is 1. The number of amides is 2. The second-order valence-corrected chi connectivity index (χ2v) is 10.5. The molecule has 3 aromatic rings. The minimum absolute atomic E-state index is 0.0506. The molecular weight excluding hydrogens is 477 g/mol. The molecule has 6 nitrogen and oxygen atoms in total. The van der Waals surface area contributed by atoms with Crippen molar-refractivity contribution >= 4 is 28.3 Å². The molecule has 0 saturated carbocycles. The number of fused-ring (bicyclic) bond motifs is 2. The Kier molecular flexibility index (Phi) is 7.25. The average molecular weight is 506 g/mol. The Labute approximate surface area is 212 Å². The molecule has 2 aliphatic rings. The predicted octanol–water partition coefficient (Wildman–Crippen LogP) is 4.37. The number of anilines is 1. The second-order valence-electron chi connectivity index (χ2n) is 9.09. The number of nitrogens with zero attached hydrogens (tertiary/aromatic N) is 2. The molecule has 186 valence electrons. The first-order chi connectivity index (χ1) is 17.5. The van der Waals surface area contributed by atoms with E-state index in [1.165, 1.54) is 23.8 Å². The Morgan fingerprint density at radius 3 is 2.53 bits per heavy atom. The van der Waals surface area contributed by atoms with Crippen LogP contribution in [-0.2, 0) is 17.3 Å². The molecule has 2 aliphatic heterocycles. The lowest BCUT2D eigenvalue weighted by molar-refractivity contribution is 0.0948. The third-order valence-electron chi connectivity index (χ3n) is 6.70. The van der Waals surface area contributed by atoms with Crippen molar-refractivity contribution in [3.05, 3.63) is 89.2 Å². The highest BCUT2D eigenvalue weighted by molar-refractivity contribution is 7.85. The van der Waals surface area contributed by atoms with Gasteiger partial charge in [-0.05, 0) is 75.3 Å². The molecule has 5 rings (SSSR count). The third-order valence-corrected chi connectivity index (χ3v) is 8.20. The number of rotatable bonds is 7. The van der Waals surface area contributed by atoms with Crippen LogP contribution in [0.2, 0.25) is 0 Å². The molecule has 1 saturated heterocycles. The first-order valence-corrected chi connectivity index (χ1v) is 13.4. The standard InChI is InChI=1S/C28H28FN3O3S/c29-23-10-3-1-8-21(23)19-32-24-18-20(27(33)30-14-7-17-31-15-5-6-16-31)12-13-26(24)36(35)25-11-4-2-9-22(25)28(32)34/h1-4,8-13,18H,5-7,14-17,19H2,(H,30,33)/t36-/m1/s1. The van der Waals surface area contributed by atoms with Crippen LogP contribution in [-0.4, -0.2) is 47.1 Å². The van der Waals surface area contributed by atoms with Crippen molar-refractivity contribution in [1.29, 1.82) is 0 Å². The quantitative estimate of drug-likeness (QED) is 0.484. The van der Waals surface area contributed by atoms with Gasteiger partial charge in [0.1, 0.15) is 5.82 Å². The summed E-state index contributed by atoms with van der Waals surface area (Å²) >= 11 is 0. The molecule has 0 spiro atoms. The second kappa shape index (κ2) is 10.7. The van der Waals surface area contributed by atoms with Crippen molar-refractivity contribution in [2.24, 2.45) is 0 Å². The van der Waals surface area contributed by atoms with E-state index in [2.05, 4.69) is 10.2 Å². The van der Waals surface area contributed by atoms with Crippen molar-refractivity contribution in [2.45, 2.75) is 35.6 Å². The van der Waals surface area contributed by atoms with Gasteiger partial charge in [0.15, 0.2) is 0 Å². The largest absolute Gasteiger partial charge is 0.352 e. The van der Waals surface area contributed by atoms with Gasteiger partial charge in [-0.3, -0.25) is 9.59 Å². The molecule has 0 aromatic heterocycles. The van der Waals surface area contributed by atoms with Crippen molar-refractivity contribution in [2.75, 3.05) is 31.1 Å². The van der Waals surface area contributed by atoms with Gasteiger partial charge in [0, 0.05) is 17.7 Å². The van der Waals surface area contributed by atoms with Crippen LogP contribution in [0, 0.1) is 5.82 Å². The van der Waals surface area contributed by atoms with E-state index in [9.17, 15) is 18.2 Å². The monoisotopic (exact) mass is 505 g/mol. The molecule has 8 heteroatoms. The minimum Gasteiger partial charge on any atom is -0.352 e. The van der Waals surface area contributed by atoms with E-state index >= 15 is 0 Å². The van der Waals surface area contributed by atoms with Gasteiger partial charge in [0.2, 0.25) is 0 Å².